The number of phenols is 1. The van der Waals surface area contributed by atoms with Crippen LogP contribution >= 0.6 is 0 Å². The molecule has 1 saturated heterocycles. The second-order valence-corrected chi connectivity index (χ2v) is 5.22. The molecule has 0 aromatic heterocycles. The van der Waals surface area contributed by atoms with Crippen LogP contribution < -0.4 is 15.8 Å². The minimum absolute atomic E-state index is 0.0998. The number of likely N-dealkylation sites (N-methyl/N-ethyl adjacent to an activating group) is 1. The molecule has 0 saturated carbocycles. The highest BCUT2D eigenvalue weighted by Crippen LogP contribution is 2.31. The van der Waals surface area contributed by atoms with Crippen molar-refractivity contribution in [1.29, 1.82) is 0 Å². The van der Waals surface area contributed by atoms with Gasteiger partial charge >= 0.3 is 0 Å². The van der Waals surface area contributed by atoms with Crippen LogP contribution in [0, 0.1) is 0 Å². The van der Waals surface area contributed by atoms with E-state index in [2.05, 4.69) is 5.32 Å². The third-order valence-corrected chi connectivity index (χ3v) is 3.70. The average Bonchev–Trinajstić information content (AvgIpc) is 2.89. The Labute approximate surface area is 129 Å². The molecular weight excluding hydrogens is 286 g/mol. The molecule has 2 rings (SSSR count). The number of carbonyl (C=O) groups is 2. The molecule has 1 aliphatic rings. The molecule has 0 unspecified atom stereocenters. The molecule has 22 heavy (non-hydrogen) atoms. The van der Waals surface area contributed by atoms with Crippen LogP contribution in [0.2, 0.25) is 0 Å². The van der Waals surface area contributed by atoms with E-state index < -0.39 is 11.9 Å². The Balaban J connectivity index is 2.29. The molecule has 1 fully saturated rings. The fraction of sp³-hybridized carbons (Fsp3) is 0.467. The summed E-state index contributed by atoms with van der Waals surface area (Å²) < 4.78 is 5.01. The summed E-state index contributed by atoms with van der Waals surface area (Å²) >= 11 is 0. The standard InChI is InChI=1S/C15H21N3O4/c1-3-17-14(20)11-7-9(16)8-18(11)15(21)10-5-4-6-12(22-2)13(10)19/h4-6,9,11,19H,3,7-8,16H2,1-2H3,(H,17,20)/t9-,11-/m0/s1. The van der Waals surface area contributed by atoms with Crippen LogP contribution in [0.3, 0.4) is 0 Å². The van der Waals surface area contributed by atoms with E-state index in [-0.39, 0.29) is 35.6 Å². The first-order valence-electron chi connectivity index (χ1n) is 7.19. The number of phenolic OH excluding ortho intramolecular Hbond substituents is 1. The molecule has 0 spiro atoms. The molecular formula is C15H21N3O4. The van der Waals surface area contributed by atoms with E-state index in [0.717, 1.165) is 0 Å². The zero-order chi connectivity index (χ0) is 16.3. The predicted molar refractivity (Wildman–Crippen MR) is 80.8 cm³/mol. The molecule has 2 amide bonds. The second kappa shape index (κ2) is 6.65. The van der Waals surface area contributed by atoms with Crippen molar-refractivity contribution in [2.75, 3.05) is 20.2 Å². The van der Waals surface area contributed by atoms with Crippen LogP contribution in [0.4, 0.5) is 0 Å². The Kier molecular flexibility index (Phi) is 4.87. The highest BCUT2D eigenvalue weighted by Gasteiger charge is 2.39. The molecule has 120 valence electrons. The van der Waals surface area contributed by atoms with Crippen LogP contribution in [0.15, 0.2) is 18.2 Å². The first kappa shape index (κ1) is 16.1. The Morgan fingerprint density at radius 3 is 2.86 bits per heavy atom. The van der Waals surface area contributed by atoms with Crippen molar-refractivity contribution in [2.45, 2.75) is 25.4 Å². The number of para-hydroxylation sites is 1. The van der Waals surface area contributed by atoms with Gasteiger partial charge in [-0.15, -0.1) is 0 Å². The van der Waals surface area contributed by atoms with Gasteiger partial charge in [0.15, 0.2) is 11.5 Å². The Morgan fingerprint density at radius 2 is 2.23 bits per heavy atom. The summed E-state index contributed by atoms with van der Waals surface area (Å²) in [5.74, 6) is -0.680. The number of amides is 2. The molecule has 4 N–H and O–H groups in total. The minimum atomic E-state index is -0.618. The van der Waals surface area contributed by atoms with Crippen LogP contribution in [-0.2, 0) is 4.79 Å². The molecule has 1 heterocycles. The maximum atomic E-state index is 12.7. The van der Waals surface area contributed by atoms with Crippen LogP contribution in [0.1, 0.15) is 23.7 Å². The highest BCUT2D eigenvalue weighted by molar-refractivity contribution is 6.00. The van der Waals surface area contributed by atoms with Crippen molar-refractivity contribution in [3.63, 3.8) is 0 Å². The van der Waals surface area contributed by atoms with Crippen molar-refractivity contribution >= 4 is 11.8 Å². The molecule has 1 aromatic carbocycles. The van der Waals surface area contributed by atoms with Crippen LogP contribution in [0.5, 0.6) is 11.5 Å². The predicted octanol–water partition coefficient (Wildman–Crippen LogP) is 0.0787. The van der Waals surface area contributed by atoms with Gasteiger partial charge in [-0.3, -0.25) is 9.59 Å². The Hall–Kier alpha value is -2.28. The van der Waals surface area contributed by atoms with Gasteiger partial charge in [-0.1, -0.05) is 6.07 Å². The van der Waals surface area contributed by atoms with Gasteiger partial charge in [-0.2, -0.15) is 0 Å². The van der Waals surface area contributed by atoms with E-state index in [0.29, 0.717) is 13.0 Å². The number of likely N-dealkylation sites (tertiary alicyclic amines) is 1. The molecule has 0 aliphatic carbocycles. The lowest BCUT2D eigenvalue weighted by Gasteiger charge is -2.24. The zero-order valence-corrected chi connectivity index (χ0v) is 12.7. The molecule has 1 aliphatic heterocycles. The van der Waals surface area contributed by atoms with E-state index in [1.807, 2.05) is 6.92 Å². The number of aromatic hydroxyl groups is 1. The summed E-state index contributed by atoms with van der Waals surface area (Å²) in [4.78, 5) is 26.2. The number of nitrogens with one attached hydrogen (secondary N) is 1. The molecule has 2 atom stereocenters. The van der Waals surface area contributed by atoms with Gasteiger partial charge in [-0.05, 0) is 25.5 Å². The van der Waals surface area contributed by atoms with Crippen LogP contribution in [0.25, 0.3) is 0 Å². The third kappa shape index (κ3) is 2.99. The minimum Gasteiger partial charge on any atom is -0.504 e. The lowest BCUT2D eigenvalue weighted by Crippen LogP contribution is -2.46. The molecule has 0 radical (unpaired) electrons. The third-order valence-electron chi connectivity index (χ3n) is 3.70. The number of methoxy groups -OCH3 is 1. The second-order valence-electron chi connectivity index (χ2n) is 5.22. The largest absolute Gasteiger partial charge is 0.504 e. The molecule has 1 aromatic rings. The molecule has 7 nitrogen and oxygen atoms in total. The average molecular weight is 307 g/mol. The van der Waals surface area contributed by atoms with E-state index in [1.165, 1.54) is 18.1 Å². The highest BCUT2D eigenvalue weighted by atomic mass is 16.5. The number of hydrogen-bond donors (Lipinski definition) is 3. The number of carbonyl (C=O) groups excluding carboxylic acids is 2. The number of hydrogen-bond acceptors (Lipinski definition) is 5. The van der Waals surface area contributed by atoms with Gasteiger partial charge < -0.3 is 25.8 Å². The van der Waals surface area contributed by atoms with Gasteiger partial charge in [-0.25, -0.2) is 0 Å². The summed E-state index contributed by atoms with van der Waals surface area (Å²) in [6.07, 6.45) is 0.405. The van der Waals surface area contributed by atoms with Gasteiger partial charge in [0.1, 0.15) is 6.04 Å². The van der Waals surface area contributed by atoms with E-state index in [4.69, 9.17) is 10.5 Å². The fourth-order valence-electron chi connectivity index (χ4n) is 2.65. The fourth-order valence-corrected chi connectivity index (χ4v) is 2.65. The summed E-state index contributed by atoms with van der Waals surface area (Å²) in [6, 6.07) is 3.79. The normalized spacial score (nSPS) is 20.8. The quantitative estimate of drug-likeness (QED) is 0.730. The summed E-state index contributed by atoms with van der Waals surface area (Å²) in [5, 5.41) is 12.8. The SMILES string of the molecule is CCNC(=O)[C@@H]1C[C@H](N)CN1C(=O)c1cccc(OC)c1O. The van der Waals surface area contributed by atoms with Crippen molar-refractivity contribution in [3.05, 3.63) is 23.8 Å². The number of nitrogens with zero attached hydrogens (tertiary/aromatic N) is 1. The number of benzene rings is 1. The van der Waals surface area contributed by atoms with Crippen molar-refractivity contribution in [2.24, 2.45) is 5.73 Å². The molecule has 7 heteroatoms. The van der Waals surface area contributed by atoms with E-state index in [1.54, 1.807) is 12.1 Å². The van der Waals surface area contributed by atoms with Crippen LogP contribution in [-0.4, -0.2) is 54.1 Å². The Bertz CT molecular complexity index is 576. The maximum absolute atomic E-state index is 12.7. The zero-order valence-electron chi connectivity index (χ0n) is 12.7. The van der Waals surface area contributed by atoms with Gasteiger partial charge in [0.2, 0.25) is 5.91 Å². The van der Waals surface area contributed by atoms with E-state index >= 15 is 0 Å². The van der Waals surface area contributed by atoms with Crippen molar-refractivity contribution < 1.29 is 19.4 Å². The van der Waals surface area contributed by atoms with Gasteiger partial charge in [0, 0.05) is 19.1 Å². The first-order valence-corrected chi connectivity index (χ1v) is 7.19. The Morgan fingerprint density at radius 1 is 1.50 bits per heavy atom. The molecule has 0 bridgehead atoms. The smallest absolute Gasteiger partial charge is 0.258 e. The number of ether oxygens (including phenoxy) is 1. The summed E-state index contributed by atoms with van der Waals surface area (Å²) in [7, 11) is 1.41. The van der Waals surface area contributed by atoms with Crippen molar-refractivity contribution in [1.82, 2.24) is 10.2 Å². The first-order chi connectivity index (χ1) is 10.5. The monoisotopic (exact) mass is 307 g/mol. The summed E-state index contributed by atoms with van der Waals surface area (Å²) in [5.41, 5.74) is 6.00. The number of nitrogens with two attached hydrogens (primary N) is 1. The maximum Gasteiger partial charge on any atom is 0.258 e. The van der Waals surface area contributed by atoms with Crippen molar-refractivity contribution in [3.8, 4) is 11.5 Å². The lowest BCUT2D eigenvalue weighted by molar-refractivity contribution is -0.124. The topological polar surface area (TPSA) is 105 Å². The van der Waals surface area contributed by atoms with Gasteiger partial charge in [0.05, 0.1) is 12.7 Å². The number of rotatable bonds is 4. The summed E-state index contributed by atoms with van der Waals surface area (Å²) in [6.45, 7) is 2.57. The van der Waals surface area contributed by atoms with Gasteiger partial charge in [0.25, 0.3) is 5.91 Å². The van der Waals surface area contributed by atoms with E-state index in [9.17, 15) is 14.7 Å². The lowest BCUT2D eigenvalue weighted by atomic mass is 10.1.